The second-order valence-corrected chi connectivity index (χ2v) is 7.63. The van der Waals surface area contributed by atoms with Crippen LogP contribution < -0.4 is 5.32 Å². The van der Waals surface area contributed by atoms with Crippen LogP contribution in [0.3, 0.4) is 0 Å². The molecule has 3 heterocycles. The van der Waals surface area contributed by atoms with Gasteiger partial charge in [0.15, 0.2) is 11.5 Å². The number of anilines is 1. The van der Waals surface area contributed by atoms with Gasteiger partial charge in [-0.25, -0.2) is 14.6 Å². The third-order valence-corrected chi connectivity index (χ3v) is 4.56. The Bertz CT molecular complexity index is 1180. The van der Waals surface area contributed by atoms with Crippen LogP contribution in [0.2, 0.25) is 5.02 Å². The number of aryl methyl sites for hydroxylation is 1. The van der Waals surface area contributed by atoms with Gasteiger partial charge in [0.1, 0.15) is 12.1 Å². The van der Waals surface area contributed by atoms with Crippen LogP contribution in [-0.4, -0.2) is 35.4 Å². The van der Waals surface area contributed by atoms with E-state index >= 15 is 0 Å². The summed E-state index contributed by atoms with van der Waals surface area (Å²) in [5.74, 6) is 1.30. The molecule has 0 saturated carbocycles. The quantitative estimate of drug-likeness (QED) is 0.539. The molecule has 4 aromatic rings. The average molecular weight is 410 g/mol. The molecule has 0 spiro atoms. The molecular weight excluding hydrogens is 390 g/mol. The summed E-state index contributed by atoms with van der Waals surface area (Å²) in [6.07, 6.45) is 3.58. The number of nitrogens with one attached hydrogen (secondary N) is 1. The molecule has 0 aliphatic carbocycles. The molecule has 0 atom stereocenters. The standard InChI is InChI=1S/C20H20ClN7O/c1-12(2)8-18(29)25-17-9-13(3)26-28(17)20-16-10-24-27(19(16)22-11-23-20)15-6-4-14(21)5-7-15/h4-7,9-12H,8H2,1-3H3,(H,25,29). The van der Waals surface area contributed by atoms with Crippen LogP contribution in [-0.2, 0) is 4.79 Å². The summed E-state index contributed by atoms with van der Waals surface area (Å²) in [5, 5.41) is 13.3. The van der Waals surface area contributed by atoms with E-state index in [0.717, 1.165) is 11.4 Å². The van der Waals surface area contributed by atoms with Gasteiger partial charge in [-0.2, -0.15) is 14.9 Å². The lowest BCUT2D eigenvalue weighted by Gasteiger charge is -2.10. The minimum Gasteiger partial charge on any atom is -0.311 e. The van der Waals surface area contributed by atoms with Gasteiger partial charge in [0.25, 0.3) is 0 Å². The lowest BCUT2D eigenvalue weighted by atomic mass is 10.1. The Hall–Kier alpha value is -3.26. The molecule has 1 N–H and O–H groups in total. The predicted molar refractivity (Wildman–Crippen MR) is 112 cm³/mol. The SMILES string of the molecule is Cc1cc(NC(=O)CC(C)C)n(-c2ncnc3c2cnn3-c2ccc(Cl)cc2)n1. The molecule has 29 heavy (non-hydrogen) atoms. The number of carbonyl (C=O) groups is 1. The number of halogens is 1. The van der Waals surface area contributed by atoms with Gasteiger partial charge in [-0.3, -0.25) is 4.79 Å². The van der Waals surface area contributed by atoms with E-state index in [2.05, 4.69) is 25.5 Å². The Balaban J connectivity index is 1.78. The maximum Gasteiger partial charge on any atom is 0.225 e. The number of amides is 1. The summed E-state index contributed by atoms with van der Waals surface area (Å²) >= 11 is 5.99. The molecule has 4 rings (SSSR count). The second-order valence-electron chi connectivity index (χ2n) is 7.20. The van der Waals surface area contributed by atoms with E-state index in [-0.39, 0.29) is 11.8 Å². The fourth-order valence-electron chi connectivity index (χ4n) is 3.09. The van der Waals surface area contributed by atoms with Crippen LogP contribution in [0.5, 0.6) is 0 Å². The first-order chi connectivity index (χ1) is 13.9. The first-order valence-corrected chi connectivity index (χ1v) is 9.61. The van der Waals surface area contributed by atoms with Gasteiger partial charge in [0, 0.05) is 17.5 Å². The molecule has 0 fully saturated rings. The largest absolute Gasteiger partial charge is 0.311 e. The summed E-state index contributed by atoms with van der Waals surface area (Å²) in [6.45, 7) is 5.87. The van der Waals surface area contributed by atoms with Gasteiger partial charge in [-0.1, -0.05) is 25.4 Å². The van der Waals surface area contributed by atoms with Crippen molar-refractivity contribution in [1.82, 2.24) is 29.5 Å². The zero-order valence-corrected chi connectivity index (χ0v) is 17.1. The molecule has 148 valence electrons. The number of fused-ring (bicyclic) bond motifs is 1. The molecule has 3 aromatic heterocycles. The maximum absolute atomic E-state index is 12.3. The van der Waals surface area contributed by atoms with Crippen molar-refractivity contribution >= 4 is 34.4 Å². The first-order valence-electron chi connectivity index (χ1n) is 9.24. The first kappa shape index (κ1) is 19.1. The number of aromatic nitrogens is 6. The van der Waals surface area contributed by atoms with Crippen molar-refractivity contribution in [3.63, 3.8) is 0 Å². The number of nitrogens with zero attached hydrogens (tertiary/aromatic N) is 6. The van der Waals surface area contributed by atoms with Gasteiger partial charge in [-0.15, -0.1) is 0 Å². The van der Waals surface area contributed by atoms with Crippen molar-refractivity contribution in [2.45, 2.75) is 27.2 Å². The minimum absolute atomic E-state index is 0.0664. The van der Waals surface area contributed by atoms with E-state index in [1.54, 1.807) is 27.7 Å². The van der Waals surface area contributed by atoms with Crippen LogP contribution >= 0.6 is 11.6 Å². The third kappa shape index (κ3) is 3.84. The molecule has 0 aliphatic rings. The number of hydrogen-bond donors (Lipinski definition) is 1. The normalized spacial score (nSPS) is 11.3. The van der Waals surface area contributed by atoms with Crippen molar-refractivity contribution in [2.24, 2.45) is 5.92 Å². The third-order valence-electron chi connectivity index (χ3n) is 4.31. The van der Waals surface area contributed by atoms with Gasteiger partial charge >= 0.3 is 0 Å². The summed E-state index contributed by atoms with van der Waals surface area (Å²) < 4.78 is 3.33. The van der Waals surface area contributed by atoms with E-state index < -0.39 is 0 Å². The highest BCUT2D eigenvalue weighted by atomic mass is 35.5. The molecule has 8 nitrogen and oxygen atoms in total. The zero-order valence-electron chi connectivity index (χ0n) is 16.3. The molecule has 0 bridgehead atoms. The zero-order chi connectivity index (χ0) is 20.5. The predicted octanol–water partition coefficient (Wildman–Crippen LogP) is 3.95. The number of benzene rings is 1. The summed E-state index contributed by atoms with van der Waals surface area (Å²) in [4.78, 5) is 21.1. The van der Waals surface area contributed by atoms with Crippen LogP contribution in [0.15, 0.2) is 42.9 Å². The Morgan fingerprint density at radius 3 is 2.66 bits per heavy atom. The minimum atomic E-state index is -0.0664. The van der Waals surface area contributed by atoms with Crippen LogP contribution in [0.4, 0.5) is 5.82 Å². The molecule has 1 aromatic carbocycles. The lowest BCUT2D eigenvalue weighted by molar-refractivity contribution is -0.116. The Labute approximate surface area is 172 Å². The van der Waals surface area contributed by atoms with E-state index in [1.807, 2.05) is 39.0 Å². The van der Waals surface area contributed by atoms with Crippen molar-refractivity contribution < 1.29 is 4.79 Å². The van der Waals surface area contributed by atoms with E-state index in [0.29, 0.717) is 34.1 Å². The van der Waals surface area contributed by atoms with Crippen molar-refractivity contribution in [1.29, 1.82) is 0 Å². The van der Waals surface area contributed by atoms with Crippen LogP contribution in [0.25, 0.3) is 22.5 Å². The molecule has 0 aliphatic heterocycles. The smallest absolute Gasteiger partial charge is 0.225 e. The number of rotatable bonds is 5. The van der Waals surface area contributed by atoms with Crippen molar-refractivity contribution in [3.05, 3.63) is 53.6 Å². The lowest BCUT2D eigenvalue weighted by Crippen LogP contribution is -2.17. The Morgan fingerprint density at radius 2 is 1.93 bits per heavy atom. The van der Waals surface area contributed by atoms with Crippen molar-refractivity contribution in [2.75, 3.05) is 5.32 Å². The van der Waals surface area contributed by atoms with Crippen LogP contribution in [0.1, 0.15) is 26.0 Å². The maximum atomic E-state index is 12.3. The van der Waals surface area contributed by atoms with Crippen LogP contribution in [0, 0.1) is 12.8 Å². The summed E-state index contributed by atoms with van der Waals surface area (Å²) in [6, 6.07) is 9.14. The second kappa shape index (κ2) is 7.63. The summed E-state index contributed by atoms with van der Waals surface area (Å²) in [5.41, 5.74) is 2.22. The fourth-order valence-corrected chi connectivity index (χ4v) is 3.21. The molecule has 9 heteroatoms. The summed E-state index contributed by atoms with van der Waals surface area (Å²) in [7, 11) is 0. The fraction of sp³-hybridized carbons (Fsp3) is 0.250. The topological polar surface area (TPSA) is 90.5 Å². The highest BCUT2D eigenvalue weighted by molar-refractivity contribution is 6.30. The Kier molecular flexibility index (Phi) is 5.02. The Morgan fingerprint density at radius 1 is 1.17 bits per heavy atom. The highest BCUT2D eigenvalue weighted by Crippen LogP contribution is 2.24. The molecule has 0 unspecified atom stereocenters. The molecule has 0 radical (unpaired) electrons. The molecule has 1 amide bonds. The van der Waals surface area contributed by atoms with Gasteiger partial charge in [0.2, 0.25) is 5.91 Å². The van der Waals surface area contributed by atoms with Gasteiger partial charge in [-0.05, 0) is 37.1 Å². The van der Waals surface area contributed by atoms with Gasteiger partial charge in [0.05, 0.1) is 23.0 Å². The molecule has 0 saturated heterocycles. The van der Waals surface area contributed by atoms with E-state index in [1.165, 1.54) is 6.33 Å². The number of carbonyl (C=O) groups excluding carboxylic acids is 1. The van der Waals surface area contributed by atoms with Crippen molar-refractivity contribution in [3.8, 4) is 11.5 Å². The monoisotopic (exact) mass is 409 g/mol. The average Bonchev–Trinajstić information content (AvgIpc) is 3.25. The van der Waals surface area contributed by atoms with Gasteiger partial charge < -0.3 is 5.32 Å². The molecular formula is C20H20ClN7O. The number of hydrogen-bond acceptors (Lipinski definition) is 5. The van der Waals surface area contributed by atoms with E-state index in [9.17, 15) is 4.79 Å². The van der Waals surface area contributed by atoms with E-state index in [4.69, 9.17) is 11.6 Å². The highest BCUT2D eigenvalue weighted by Gasteiger charge is 2.18.